The lowest BCUT2D eigenvalue weighted by molar-refractivity contribution is -0.693. The van der Waals surface area contributed by atoms with Crippen LogP contribution in [-0.2, 0) is 23.3 Å². The Morgan fingerprint density at radius 2 is 1.37 bits per heavy atom. The summed E-state index contributed by atoms with van der Waals surface area (Å²) < 4.78 is 8.42. The van der Waals surface area contributed by atoms with E-state index in [4.69, 9.17) is 4.74 Å². The molecule has 0 radical (unpaired) electrons. The monoisotopic (exact) mass is 523 g/mol. The number of amides is 1. The molecule has 0 aliphatic carbocycles. The molecular formula is C34H55N2O2+. The van der Waals surface area contributed by atoms with Crippen molar-refractivity contribution in [2.75, 3.05) is 11.5 Å². The fraction of sp³-hybridized carbons (Fsp3) is 0.647. The second kappa shape index (κ2) is 17.3. The van der Waals surface area contributed by atoms with Crippen LogP contribution in [0.3, 0.4) is 0 Å². The minimum absolute atomic E-state index is 0.0437. The summed E-state index contributed by atoms with van der Waals surface area (Å²) in [5.41, 5.74) is 3.11. The zero-order valence-electron chi connectivity index (χ0n) is 25.4. The lowest BCUT2D eigenvalue weighted by Crippen LogP contribution is -2.32. The second-order valence-electron chi connectivity index (χ2n) is 11.8. The van der Waals surface area contributed by atoms with Crippen molar-refractivity contribution >= 4 is 11.6 Å². The Balaban J connectivity index is 1.85. The summed E-state index contributed by atoms with van der Waals surface area (Å²) in [7, 11) is 0. The van der Waals surface area contributed by atoms with Crippen LogP contribution >= 0.6 is 0 Å². The number of carbonyl (C=O) groups is 1. The van der Waals surface area contributed by atoms with Crippen molar-refractivity contribution < 1.29 is 14.1 Å². The summed E-state index contributed by atoms with van der Waals surface area (Å²) in [5, 5.41) is 0. The van der Waals surface area contributed by atoms with Gasteiger partial charge >= 0.3 is 0 Å². The van der Waals surface area contributed by atoms with Gasteiger partial charge in [0.05, 0.1) is 13.2 Å². The van der Waals surface area contributed by atoms with E-state index in [2.05, 4.69) is 75.8 Å². The average molecular weight is 524 g/mol. The van der Waals surface area contributed by atoms with Gasteiger partial charge in [0.25, 0.3) is 0 Å². The standard InChI is InChI=1S/C34H55N2O2/c1-7-9-10-11-12-13-14-15-16-17-18-19-26-38-33-21-20-31(27-32(33)34(4,5)6)36(29(3)37)28-30-22-24-35(8-2)25-23-30/h20-25,27H,7-19,26,28H2,1-6H3/q+1. The number of rotatable bonds is 18. The van der Waals surface area contributed by atoms with E-state index in [0.29, 0.717) is 6.54 Å². The van der Waals surface area contributed by atoms with Crippen LogP contribution in [0.1, 0.15) is 130 Å². The highest BCUT2D eigenvalue weighted by molar-refractivity contribution is 5.91. The molecule has 38 heavy (non-hydrogen) atoms. The summed E-state index contributed by atoms with van der Waals surface area (Å²) in [6.45, 7) is 14.9. The van der Waals surface area contributed by atoms with Gasteiger partial charge in [-0.15, -0.1) is 0 Å². The van der Waals surface area contributed by atoms with Crippen molar-refractivity contribution in [1.82, 2.24) is 0 Å². The van der Waals surface area contributed by atoms with Crippen LogP contribution in [0.15, 0.2) is 42.7 Å². The second-order valence-corrected chi connectivity index (χ2v) is 11.8. The van der Waals surface area contributed by atoms with Crippen LogP contribution in [-0.4, -0.2) is 12.5 Å². The quantitative estimate of drug-likeness (QED) is 0.144. The topological polar surface area (TPSA) is 33.4 Å². The first-order valence-electron chi connectivity index (χ1n) is 15.3. The molecule has 4 heteroatoms. The van der Waals surface area contributed by atoms with Crippen LogP contribution in [0.4, 0.5) is 5.69 Å². The number of carbonyl (C=O) groups excluding carboxylic acids is 1. The van der Waals surface area contributed by atoms with E-state index in [1.165, 1.54) is 70.6 Å². The summed E-state index contributed by atoms with van der Waals surface area (Å²) in [6.07, 6.45) is 20.3. The molecule has 1 aromatic carbocycles. The van der Waals surface area contributed by atoms with Crippen LogP contribution in [0.2, 0.25) is 0 Å². The first-order valence-corrected chi connectivity index (χ1v) is 15.3. The van der Waals surface area contributed by atoms with Gasteiger partial charge < -0.3 is 9.64 Å². The number of hydrogen-bond acceptors (Lipinski definition) is 2. The van der Waals surface area contributed by atoms with Crippen molar-refractivity contribution in [1.29, 1.82) is 0 Å². The molecule has 0 spiro atoms. The minimum atomic E-state index is -0.0796. The Bertz CT molecular complexity index is 930. The number of nitrogens with zero attached hydrogens (tertiary/aromatic N) is 2. The Morgan fingerprint density at radius 3 is 1.87 bits per heavy atom. The molecule has 0 atom stereocenters. The lowest BCUT2D eigenvalue weighted by atomic mass is 9.86. The molecule has 2 aromatic rings. The van der Waals surface area contributed by atoms with Crippen molar-refractivity contribution in [3.05, 3.63) is 53.9 Å². The van der Waals surface area contributed by atoms with Crippen LogP contribution < -0.4 is 14.2 Å². The van der Waals surface area contributed by atoms with Gasteiger partial charge in [-0.1, -0.05) is 98.3 Å². The molecule has 212 valence electrons. The molecule has 0 aliphatic rings. The highest BCUT2D eigenvalue weighted by atomic mass is 16.5. The number of ether oxygens (including phenoxy) is 1. The van der Waals surface area contributed by atoms with Gasteiger partial charge in [0.15, 0.2) is 12.4 Å². The Labute approximate surface area is 233 Å². The van der Waals surface area contributed by atoms with Gasteiger partial charge in [0, 0.05) is 30.3 Å². The van der Waals surface area contributed by atoms with E-state index >= 15 is 0 Å². The first kappa shape index (κ1) is 31.9. The first-order chi connectivity index (χ1) is 18.3. The number of hydrogen-bond donors (Lipinski definition) is 0. The van der Waals surface area contributed by atoms with E-state index < -0.39 is 0 Å². The van der Waals surface area contributed by atoms with E-state index in [-0.39, 0.29) is 11.3 Å². The molecule has 0 aliphatic heterocycles. The molecule has 0 N–H and O–H groups in total. The lowest BCUT2D eigenvalue weighted by Gasteiger charge is -2.27. The van der Waals surface area contributed by atoms with Crippen LogP contribution in [0.25, 0.3) is 0 Å². The molecule has 0 saturated carbocycles. The molecule has 0 bridgehead atoms. The Morgan fingerprint density at radius 1 is 0.816 bits per heavy atom. The predicted octanol–water partition coefficient (Wildman–Crippen LogP) is 8.92. The summed E-state index contributed by atoms with van der Waals surface area (Å²) >= 11 is 0. The maximum atomic E-state index is 12.6. The minimum Gasteiger partial charge on any atom is -0.493 e. The highest BCUT2D eigenvalue weighted by Crippen LogP contribution is 2.35. The summed E-state index contributed by atoms with van der Waals surface area (Å²) in [4.78, 5) is 14.5. The molecular weight excluding hydrogens is 468 g/mol. The number of benzene rings is 1. The third-order valence-corrected chi connectivity index (χ3v) is 7.38. The molecule has 1 amide bonds. The summed E-state index contributed by atoms with van der Waals surface area (Å²) in [6, 6.07) is 10.4. The van der Waals surface area contributed by atoms with Gasteiger partial charge in [-0.05, 0) is 42.5 Å². The number of pyridine rings is 1. The SMILES string of the molecule is CCCCCCCCCCCCCCOc1ccc(N(Cc2cc[n+](CC)cc2)C(C)=O)cc1C(C)(C)C. The fourth-order valence-electron chi connectivity index (χ4n) is 4.89. The van der Waals surface area contributed by atoms with E-state index in [0.717, 1.165) is 42.1 Å². The molecule has 0 fully saturated rings. The van der Waals surface area contributed by atoms with Gasteiger partial charge in [-0.25, -0.2) is 4.57 Å². The van der Waals surface area contributed by atoms with Crippen molar-refractivity contribution in [3.63, 3.8) is 0 Å². The van der Waals surface area contributed by atoms with E-state index in [1.54, 1.807) is 6.92 Å². The number of anilines is 1. The van der Waals surface area contributed by atoms with Crippen LogP contribution in [0, 0.1) is 0 Å². The van der Waals surface area contributed by atoms with Crippen molar-refractivity contribution in [2.24, 2.45) is 0 Å². The zero-order chi connectivity index (χ0) is 27.8. The molecule has 0 saturated heterocycles. The van der Waals surface area contributed by atoms with E-state index in [1.807, 2.05) is 11.0 Å². The van der Waals surface area contributed by atoms with Crippen LogP contribution in [0.5, 0.6) is 5.75 Å². The third-order valence-electron chi connectivity index (χ3n) is 7.38. The molecule has 1 aromatic heterocycles. The molecule has 0 unspecified atom stereocenters. The van der Waals surface area contributed by atoms with Crippen molar-refractivity contribution in [2.45, 2.75) is 137 Å². The number of unbranched alkanes of at least 4 members (excludes halogenated alkanes) is 11. The zero-order valence-corrected chi connectivity index (χ0v) is 25.4. The predicted molar refractivity (Wildman–Crippen MR) is 161 cm³/mol. The summed E-state index contributed by atoms with van der Waals surface area (Å²) in [5.74, 6) is 0.985. The maximum Gasteiger partial charge on any atom is 0.224 e. The van der Waals surface area contributed by atoms with Gasteiger partial charge in [-0.3, -0.25) is 4.79 Å². The number of aromatic nitrogens is 1. The largest absolute Gasteiger partial charge is 0.493 e. The molecule has 4 nitrogen and oxygen atoms in total. The molecule has 2 rings (SSSR count). The van der Waals surface area contributed by atoms with Gasteiger partial charge in [0.1, 0.15) is 12.3 Å². The van der Waals surface area contributed by atoms with E-state index in [9.17, 15) is 4.79 Å². The Kier molecular flexibility index (Phi) is 14.5. The molecule has 1 heterocycles. The van der Waals surface area contributed by atoms with Gasteiger partial charge in [0.2, 0.25) is 5.91 Å². The smallest absolute Gasteiger partial charge is 0.224 e. The highest BCUT2D eigenvalue weighted by Gasteiger charge is 2.22. The fourth-order valence-corrected chi connectivity index (χ4v) is 4.89. The normalized spacial score (nSPS) is 11.5. The van der Waals surface area contributed by atoms with Crippen molar-refractivity contribution in [3.8, 4) is 5.75 Å². The average Bonchev–Trinajstić information content (AvgIpc) is 2.89. The van der Waals surface area contributed by atoms with Gasteiger partial charge in [-0.2, -0.15) is 0 Å². The third kappa shape index (κ3) is 11.6. The Hall–Kier alpha value is -2.36. The number of aryl methyl sites for hydroxylation is 1. The maximum absolute atomic E-state index is 12.6.